The Hall–Kier alpha value is -0.840. The van der Waals surface area contributed by atoms with Crippen molar-refractivity contribution in [2.45, 2.75) is 5.92 Å². The molecular weight excluding hydrogens is 251 g/mol. The predicted molar refractivity (Wildman–Crippen MR) is 65.5 cm³/mol. The van der Waals surface area contributed by atoms with E-state index in [1.165, 1.54) is 0 Å². The molecule has 1 aliphatic rings. The fraction of sp³-hybridized carbons (Fsp3) is 0.400. The number of carbonyl (C=O) groups is 1. The fourth-order valence-corrected chi connectivity index (χ4v) is 1.84. The summed E-state index contributed by atoms with van der Waals surface area (Å²) >= 11 is 0. The van der Waals surface area contributed by atoms with Crippen LogP contribution in [0.1, 0.15) is 11.6 Å². The topological polar surface area (TPSA) is 62.2 Å². The number of nitrogens with one attached hydrogen (secondary N) is 1. The van der Waals surface area contributed by atoms with Crippen molar-refractivity contribution in [1.82, 2.24) is 10.3 Å². The smallest absolute Gasteiger partial charge is 0.308 e. The number of hydrogen-bond donors (Lipinski definition) is 2. The Bertz CT molecular complexity index is 335. The van der Waals surface area contributed by atoms with E-state index in [0.717, 1.165) is 5.69 Å². The molecule has 0 saturated carbocycles. The van der Waals surface area contributed by atoms with E-state index in [0.29, 0.717) is 13.1 Å². The Labute approximate surface area is 106 Å². The van der Waals surface area contributed by atoms with Crippen LogP contribution in [0, 0.1) is 5.92 Å². The van der Waals surface area contributed by atoms with Gasteiger partial charge in [0.2, 0.25) is 0 Å². The molecule has 6 heteroatoms. The first-order valence-corrected chi connectivity index (χ1v) is 4.63. The Kier molecular flexibility index (Phi) is 6.33. The number of pyridine rings is 1. The molecule has 0 amide bonds. The average Bonchev–Trinajstić information content (AvgIpc) is 2.67. The molecule has 0 aliphatic carbocycles. The first-order valence-electron chi connectivity index (χ1n) is 4.63. The lowest BCUT2D eigenvalue weighted by Gasteiger charge is -2.13. The first-order chi connectivity index (χ1) is 6.79. The molecule has 2 rings (SSSR count). The van der Waals surface area contributed by atoms with Crippen LogP contribution >= 0.6 is 24.8 Å². The number of hydrogen-bond acceptors (Lipinski definition) is 3. The molecule has 0 aromatic carbocycles. The van der Waals surface area contributed by atoms with Crippen LogP contribution in [-0.4, -0.2) is 29.1 Å². The molecular formula is C10H14Cl2N2O2. The van der Waals surface area contributed by atoms with Crippen LogP contribution < -0.4 is 5.32 Å². The molecule has 1 fully saturated rings. The molecule has 2 heterocycles. The number of aliphatic carboxylic acids is 1. The van der Waals surface area contributed by atoms with Crippen LogP contribution in [0.5, 0.6) is 0 Å². The van der Waals surface area contributed by atoms with Gasteiger partial charge >= 0.3 is 5.97 Å². The van der Waals surface area contributed by atoms with Gasteiger partial charge in [-0.3, -0.25) is 9.78 Å². The third kappa shape index (κ3) is 3.07. The van der Waals surface area contributed by atoms with E-state index in [1.807, 2.05) is 18.2 Å². The van der Waals surface area contributed by atoms with E-state index < -0.39 is 5.97 Å². The summed E-state index contributed by atoms with van der Waals surface area (Å²) in [5.41, 5.74) is 0.866. The molecule has 16 heavy (non-hydrogen) atoms. The molecule has 0 unspecified atom stereocenters. The quantitative estimate of drug-likeness (QED) is 0.846. The van der Waals surface area contributed by atoms with E-state index in [1.54, 1.807) is 6.20 Å². The largest absolute Gasteiger partial charge is 0.481 e. The van der Waals surface area contributed by atoms with Gasteiger partial charge < -0.3 is 10.4 Å². The summed E-state index contributed by atoms with van der Waals surface area (Å²) in [5, 5.41) is 12.1. The van der Waals surface area contributed by atoms with Gasteiger partial charge in [0, 0.05) is 30.9 Å². The lowest BCUT2D eigenvalue weighted by atomic mass is 9.93. The van der Waals surface area contributed by atoms with E-state index in [2.05, 4.69) is 10.3 Å². The van der Waals surface area contributed by atoms with Gasteiger partial charge in [-0.2, -0.15) is 0 Å². The number of nitrogens with zero attached hydrogens (tertiary/aromatic N) is 1. The SMILES string of the molecule is Cl.Cl.O=C(O)[C@H]1CNC[C@@H]1c1ccccn1. The van der Waals surface area contributed by atoms with Crippen LogP contribution in [0.2, 0.25) is 0 Å². The van der Waals surface area contributed by atoms with Gasteiger partial charge in [0.1, 0.15) is 0 Å². The molecule has 1 saturated heterocycles. The zero-order valence-electron chi connectivity index (χ0n) is 8.50. The van der Waals surface area contributed by atoms with E-state index in [4.69, 9.17) is 5.11 Å². The standard InChI is InChI=1S/C10H12N2O2.2ClH/c13-10(14)8-6-11-5-7(8)9-3-1-2-4-12-9;;/h1-4,7-8,11H,5-6H2,(H,13,14);2*1H/t7-,8-;;/m0../s1. The van der Waals surface area contributed by atoms with Crippen molar-refractivity contribution in [2.75, 3.05) is 13.1 Å². The van der Waals surface area contributed by atoms with E-state index >= 15 is 0 Å². The molecule has 0 spiro atoms. The molecule has 1 aromatic heterocycles. The highest BCUT2D eigenvalue weighted by Gasteiger charge is 2.34. The molecule has 90 valence electrons. The van der Waals surface area contributed by atoms with Crippen molar-refractivity contribution in [1.29, 1.82) is 0 Å². The first kappa shape index (κ1) is 15.2. The van der Waals surface area contributed by atoms with Gasteiger partial charge in [-0.1, -0.05) is 6.07 Å². The summed E-state index contributed by atoms with van der Waals surface area (Å²) in [4.78, 5) is 15.1. The highest BCUT2D eigenvalue weighted by molar-refractivity contribution is 5.85. The van der Waals surface area contributed by atoms with Gasteiger partial charge in [0.15, 0.2) is 0 Å². The summed E-state index contributed by atoms with van der Waals surface area (Å²) in [6, 6.07) is 5.61. The predicted octanol–water partition coefficient (Wildman–Crippen LogP) is 1.31. The zero-order valence-corrected chi connectivity index (χ0v) is 10.1. The van der Waals surface area contributed by atoms with Gasteiger partial charge in [0.05, 0.1) is 5.92 Å². The maximum absolute atomic E-state index is 10.9. The minimum Gasteiger partial charge on any atom is -0.481 e. The third-order valence-electron chi connectivity index (χ3n) is 2.60. The van der Waals surface area contributed by atoms with Crippen LogP contribution in [0.25, 0.3) is 0 Å². The third-order valence-corrected chi connectivity index (χ3v) is 2.60. The lowest BCUT2D eigenvalue weighted by Crippen LogP contribution is -2.21. The van der Waals surface area contributed by atoms with Gasteiger partial charge in [-0.15, -0.1) is 24.8 Å². The number of halogens is 2. The van der Waals surface area contributed by atoms with Crippen molar-refractivity contribution < 1.29 is 9.90 Å². The summed E-state index contributed by atoms with van der Waals surface area (Å²) in [5.74, 6) is -1.08. The van der Waals surface area contributed by atoms with E-state index in [9.17, 15) is 4.79 Å². The normalized spacial score (nSPS) is 23.0. The number of carboxylic acid groups (broad SMARTS) is 1. The van der Waals surface area contributed by atoms with Gasteiger partial charge in [-0.05, 0) is 12.1 Å². The Morgan fingerprint density at radius 3 is 2.69 bits per heavy atom. The monoisotopic (exact) mass is 264 g/mol. The van der Waals surface area contributed by atoms with Crippen LogP contribution in [-0.2, 0) is 4.79 Å². The Morgan fingerprint density at radius 1 is 1.38 bits per heavy atom. The summed E-state index contributed by atoms with van der Waals surface area (Å²) < 4.78 is 0. The lowest BCUT2D eigenvalue weighted by molar-refractivity contribution is -0.141. The highest BCUT2D eigenvalue weighted by atomic mass is 35.5. The van der Waals surface area contributed by atoms with Crippen LogP contribution in [0.3, 0.4) is 0 Å². The van der Waals surface area contributed by atoms with Crippen molar-refractivity contribution in [3.63, 3.8) is 0 Å². The summed E-state index contributed by atoms with van der Waals surface area (Å²) in [7, 11) is 0. The molecule has 0 radical (unpaired) electrons. The van der Waals surface area contributed by atoms with Crippen LogP contribution in [0.15, 0.2) is 24.4 Å². The molecule has 4 nitrogen and oxygen atoms in total. The second-order valence-electron chi connectivity index (χ2n) is 3.46. The number of rotatable bonds is 2. The molecule has 1 aromatic rings. The summed E-state index contributed by atoms with van der Waals surface area (Å²) in [6.07, 6.45) is 1.70. The maximum Gasteiger partial charge on any atom is 0.308 e. The zero-order chi connectivity index (χ0) is 9.97. The molecule has 0 bridgehead atoms. The van der Waals surface area contributed by atoms with Crippen molar-refractivity contribution in [2.24, 2.45) is 5.92 Å². The Morgan fingerprint density at radius 2 is 2.12 bits per heavy atom. The van der Waals surface area contributed by atoms with Crippen LogP contribution in [0.4, 0.5) is 0 Å². The van der Waals surface area contributed by atoms with Crippen molar-refractivity contribution in [3.8, 4) is 0 Å². The minimum absolute atomic E-state index is 0. The second-order valence-corrected chi connectivity index (χ2v) is 3.46. The van der Waals surface area contributed by atoms with Crippen molar-refractivity contribution >= 4 is 30.8 Å². The Balaban J connectivity index is 0.00000112. The van der Waals surface area contributed by atoms with E-state index in [-0.39, 0.29) is 36.6 Å². The van der Waals surface area contributed by atoms with Crippen molar-refractivity contribution in [3.05, 3.63) is 30.1 Å². The minimum atomic E-state index is -0.745. The molecule has 1 aliphatic heterocycles. The number of aromatic nitrogens is 1. The fourth-order valence-electron chi connectivity index (χ4n) is 1.84. The van der Waals surface area contributed by atoms with Gasteiger partial charge in [-0.25, -0.2) is 0 Å². The average molecular weight is 265 g/mol. The van der Waals surface area contributed by atoms with Gasteiger partial charge in [0.25, 0.3) is 0 Å². The summed E-state index contributed by atoms with van der Waals surface area (Å²) in [6.45, 7) is 1.24. The number of carboxylic acids is 1. The highest BCUT2D eigenvalue weighted by Crippen LogP contribution is 2.26. The molecule has 2 atom stereocenters. The second kappa shape index (κ2) is 6.68. The molecule has 2 N–H and O–H groups in total. The maximum atomic E-state index is 10.9.